The number of aryl methyl sites for hydroxylation is 1. The largest absolute Gasteiger partial charge is 0.444 e. The van der Waals surface area contributed by atoms with Crippen molar-refractivity contribution in [2.24, 2.45) is 0 Å². The topological polar surface area (TPSA) is 81.2 Å². The van der Waals surface area contributed by atoms with Crippen LogP contribution in [-0.2, 0) is 6.54 Å². The van der Waals surface area contributed by atoms with Crippen LogP contribution in [0.15, 0.2) is 28.9 Å². The Bertz CT molecular complexity index is 656. The van der Waals surface area contributed by atoms with Crippen LogP contribution in [0.3, 0.4) is 0 Å². The zero-order valence-electron chi connectivity index (χ0n) is 12.6. The molecule has 0 aliphatic heterocycles. The molecule has 2 rings (SSSR count). The molecule has 2 aromatic rings. The highest BCUT2D eigenvalue weighted by Gasteiger charge is 2.14. The molecule has 6 heteroatoms. The fourth-order valence-electron chi connectivity index (χ4n) is 1.87. The van der Waals surface area contributed by atoms with E-state index < -0.39 is 4.92 Å². The second-order valence-electron chi connectivity index (χ2n) is 6.06. The van der Waals surface area contributed by atoms with Crippen LogP contribution in [0.5, 0.6) is 0 Å². The molecular weight excluding hydrogens is 270 g/mol. The molecule has 0 aliphatic rings. The molecule has 0 aliphatic carbocycles. The van der Waals surface area contributed by atoms with Crippen LogP contribution < -0.4 is 5.32 Å². The summed E-state index contributed by atoms with van der Waals surface area (Å²) in [5.74, 6) is 0.396. The van der Waals surface area contributed by atoms with Crippen LogP contribution in [0.25, 0.3) is 11.5 Å². The van der Waals surface area contributed by atoms with E-state index in [0.29, 0.717) is 18.0 Å². The van der Waals surface area contributed by atoms with Gasteiger partial charge in [0, 0.05) is 29.8 Å². The predicted octanol–water partition coefficient (Wildman–Crippen LogP) is 3.45. The van der Waals surface area contributed by atoms with Crippen molar-refractivity contribution in [3.63, 3.8) is 0 Å². The quantitative estimate of drug-likeness (QED) is 0.688. The Morgan fingerprint density at radius 1 is 1.33 bits per heavy atom. The van der Waals surface area contributed by atoms with Crippen molar-refractivity contribution in [2.45, 2.75) is 39.8 Å². The number of hydrogen-bond donors (Lipinski definition) is 1. The number of nitrogens with one attached hydrogen (secondary N) is 1. The number of hydrogen-bond acceptors (Lipinski definition) is 5. The van der Waals surface area contributed by atoms with Gasteiger partial charge >= 0.3 is 0 Å². The van der Waals surface area contributed by atoms with E-state index in [1.807, 2.05) is 13.0 Å². The lowest BCUT2D eigenvalue weighted by Crippen LogP contribution is -2.35. The summed E-state index contributed by atoms with van der Waals surface area (Å²) in [4.78, 5) is 14.9. The first-order valence-electron chi connectivity index (χ1n) is 6.70. The molecule has 1 heterocycles. The Balaban J connectivity index is 2.23. The summed E-state index contributed by atoms with van der Waals surface area (Å²) in [5, 5.41) is 14.2. The predicted molar refractivity (Wildman–Crippen MR) is 79.9 cm³/mol. The summed E-state index contributed by atoms with van der Waals surface area (Å²) in [6.45, 7) is 8.59. The van der Waals surface area contributed by atoms with Crippen LogP contribution in [0.2, 0.25) is 0 Å². The van der Waals surface area contributed by atoms with E-state index in [9.17, 15) is 10.1 Å². The van der Waals surface area contributed by atoms with Gasteiger partial charge in [-0.15, -0.1) is 0 Å². The summed E-state index contributed by atoms with van der Waals surface area (Å²) >= 11 is 0. The third-order valence-corrected chi connectivity index (χ3v) is 2.87. The summed E-state index contributed by atoms with van der Waals surface area (Å²) < 4.78 is 5.43. The van der Waals surface area contributed by atoms with E-state index in [1.165, 1.54) is 12.1 Å². The van der Waals surface area contributed by atoms with Gasteiger partial charge in [0.15, 0.2) is 0 Å². The van der Waals surface area contributed by atoms with Gasteiger partial charge in [0.1, 0.15) is 6.26 Å². The minimum absolute atomic E-state index is 0.0127. The SMILES string of the molecule is Cc1cc(-c2nc(CNC(C)(C)C)co2)cc([N+](=O)[O-])c1. The molecule has 1 aromatic heterocycles. The number of oxazole rings is 1. The maximum absolute atomic E-state index is 10.9. The smallest absolute Gasteiger partial charge is 0.270 e. The fraction of sp³-hybridized carbons (Fsp3) is 0.400. The second-order valence-corrected chi connectivity index (χ2v) is 6.06. The molecule has 0 bridgehead atoms. The van der Waals surface area contributed by atoms with Crippen molar-refractivity contribution in [1.29, 1.82) is 0 Å². The molecule has 1 N–H and O–H groups in total. The Kier molecular flexibility index (Phi) is 4.09. The zero-order valence-corrected chi connectivity index (χ0v) is 12.6. The number of benzene rings is 1. The molecule has 0 radical (unpaired) electrons. The molecule has 112 valence electrons. The lowest BCUT2D eigenvalue weighted by Gasteiger charge is -2.19. The first kappa shape index (κ1) is 15.2. The van der Waals surface area contributed by atoms with Gasteiger partial charge in [0.25, 0.3) is 5.69 Å². The molecule has 0 saturated heterocycles. The molecular formula is C15H19N3O3. The van der Waals surface area contributed by atoms with Gasteiger partial charge in [-0.3, -0.25) is 10.1 Å². The Hall–Kier alpha value is -2.21. The van der Waals surface area contributed by atoms with Crippen molar-refractivity contribution in [2.75, 3.05) is 0 Å². The minimum Gasteiger partial charge on any atom is -0.444 e. The highest BCUT2D eigenvalue weighted by molar-refractivity contribution is 5.59. The number of non-ortho nitro benzene ring substituents is 1. The average molecular weight is 289 g/mol. The summed E-state index contributed by atoms with van der Waals surface area (Å²) in [7, 11) is 0. The molecule has 0 atom stereocenters. The van der Waals surface area contributed by atoms with E-state index in [4.69, 9.17) is 4.42 Å². The number of nitro benzene ring substituents is 1. The van der Waals surface area contributed by atoms with E-state index in [0.717, 1.165) is 11.3 Å². The average Bonchev–Trinajstić information content (AvgIpc) is 2.83. The van der Waals surface area contributed by atoms with Crippen molar-refractivity contribution < 1.29 is 9.34 Å². The lowest BCUT2D eigenvalue weighted by atomic mass is 10.1. The van der Waals surface area contributed by atoms with E-state index in [2.05, 4.69) is 31.1 Å². The van der Waals surface area contributed by atoms with Crippen LogP contribution in [0, 0.1) is 17.0 Å². The van der Waals surface area contributed by atoms with Crippen LogP contribution in [-0.4, -0.2) is 15.4 Å². The molecule has 0 unspecified atom stereocenters. The third-order valence-electron chi connectivity index (χ3n) is 2.87. The normalized spacial score (nSPS) is 11.6. The van der Waals surface area contributed by atoms with Gasteiger partial charge < -0.3 is 9.73 Å². The van der Waals surface area contributed by atoms with Crippen LogP contribution in [0.4, 0.5) is 5.69 Å². The fourth-order valence-corrected chi connectivity index (χ4v) is 1.87. The van der Waals surface area contributed by atoms with Gasteiger partial charge in [0.2, 0.25) is 5.89 Å². The van der Waals surface area contributed by atoms with Gasteiger partial charge in [-0.2, -0.15) is 0 Å². The first-order valence-corrected chi connectivity index (χ1v) is 6.70. The van der Waals surface area contributed by atoms with Crippen LogP contribution >= 0.6 is 0 Å². The minimum atomic E-state index is -0.415. The molecule has 0 saturated carbocycles. The Morgan fingerprint density at radius 3 is 2.67 bits per heavy atom. The van der Waals surface area contributed by atoms with Gasteiger partial charge in [0.05, 0.1) is 10.6 Å². The Morgan fingerprint density at radius 2 is 2.05 bits per heavy atom. The van der Waals surface area contributed by atoms with Crippen molar-refractivity contribution in [3.05, 3.63) is 45.8 Å². The second kappa shape index (κ2) is 5.65. The number of nitro groups is 1. The summed E-state index contributed by atoms with van der Waals surface area (Å²) in [6, 6.07) is 4.81. The molecule has 21 heavy (non-hydrogen) atoms. The molecule has 0 fully saturated rings. The maximum Gasteiger partial charge on any atom is 0.270 e. The van der Waals surface area contributed by atoms with E-state index in [1.54, 1.807) is 6.26 Å². The Labute approximate surface area is 123 Å². The lowest BCUT2D eigenvalue weighted by molar-refractivity contribution is -0.384. The number of rotatable bonds is 4. The third kappa shape index (κ3) is 4.13. The standard InChI is InChI=1S/C15H19N3O3/c1-10-5-11(7-13(6-10)18(19)20)14-17-12(9-21-14)8-16-15(2,3)4/h5-7,9,16H,8H2,1-4H3. The zero-order chi connectivity index (χ0) is 15.6. The highest BCUT2D eigenvalue weighted by atomic mass is 16.6. The van der Waals surface area contributed by atoms with Crippen molar-refractivity contribution in [1.82, 2.24) is 10.3 Å². The number of aromatic nitrogens is 1. The molecule has 1 aromatic carbocycles. The molecule has 6 nitrogen and oxygen atoms in total. The van der Waals surface area contributed by atoms with Gasteiger partial charge in [-0.1, -0.05) is 0 Å². The maximum atomic E-state index is 10.9. The summed E-state index contributed by atoms with van der Waals surface area (Å²) in [5.41, 5.74) is 2.21. The van der Waals surface area contributed by atoms with Gasteiger partial charge in [-0.05, 0) is 39.3 Å². The van der Waals surface area contributed by atoms with Crippen molar-refractivity contribution in [3.8, 4) is 11.5 Å². The first-order chi connectivity index (χ1) is 9.74. The monoisotopic (exact) mass is 289 g/mol. The van der Waals surface area contributed by atoms with Gasteiger partial charge in [-0.25, -0.2) is 4.98 Å². The van der Waals surface area contributed by atoms with E-state index in [-0.39, 0.29) is 11.2 Å². The molecule has 0 spiro atoms. The van der Waals surface area contributed by atoms with Crippen molar-refractivity contribution >= 4 is 5.69 Å². The summed E-state index contributed by atoms with van der Waals surface area (Å²) in [6.07, 6.45) is 1.57. The number of nitrogens with zero attached hydrogens (tertiary/aromatic N) is 2. The molecule has 0 amide bonds. The van der Waals surface area contributed by atoms with Crippen LogP contribution in [0.1, 0.15) is 32.0 Å². The highest BCUT2D eigenvalue weighted by Crippen LogP contribution is 2.25. The van der Waals surface area contributed by atoms with E-state index >= 15 is 0 Å².